The fraction of sp³-hybridized carbons (Fsp3) is 0.353. The molecule has 2 aromatic rings. The lowest BCUT2D eigenvalue weighted by atomic mass is 10.2. The van der Waals surface area contributed by atoms with E-state index in [1.165, 1.54) is 0 Å². The number of nitrogens with one attached hydrogen (secondary N) is 1. The molecular formula is C17H22N4O2. The molecule has 1 N–H and O–H groups in total. The highest BCUT2D eigenvalue weighted by atomic mass is 16.2. The van der Waals surface area contributed by atoms with Crippen LogP contribution in [0.4, 0.5) is 5.69 Å². The third-order valence-electron chi connectivity index (χ3n) is 3.54. The van der Waals surface area contributed by atoms with Gasteiger partial charge in [-0.3, -0.25) is 14.3 Å². The molecular weight excluding hydrogens is 292 g/mol. The standard InChI is InChI=1S/C17H22N4O2/c1-3-20(14(2)22)13-15-6-4-7-16(12-15)19-17(23)8-11-21-10-5-9-18-21/h4-7,9-10,12H,3,8,11,13H2,1-2H3,(H,19,23). The van der Waals surface area contributed by atoms with Crippen molar-refractivity contribution in [3.05, 3.63) is 48.3 Å². The number of carbonyl (C=O) groups is 2. The number of amides is 2. The van der Waals surface area contributed by atoms with Crippen LogP contribution in [0, 0.1) is 0 Å². The van der Waals surface area contributed by atoms with Gasteiger partial charge in [-0.1, -0.05) is 12.1 Å². The zero-order chi connectivity index (χ0) is 16.7. The van der Waals surface area contributed by atoms with Crippen LogP contribution in [0.3, 0.4) is 0 Å². The number of anilines is 1. The smallest absolute Gasteiger partial charge is 0.226 e. The summed E-state index contributed by atoms with van der Waals surface area (Å²) in [6, 6.07) is 9.41. The van der Waals surface area contributed by atoms with E-state index in [0.29, 0.717) is 26.1 Å². The van der Waals surface area contributed by atoms with E-state index in [4.69, 9.17) is 0 Å². The number of aromatic nitrogens is 2. The molecule has 0 aliphatic heterocycles. The Bertz CT molecular complexity index is 652. The molecule has 0 unspecified atom stereocenters. The van der Waals surface area contributed by atoms with Gasteiger partial charge in [0.15, 0.2) is 0 Å². The van der Waals surface area contributed by atoms with Crippen LogP contribution >= 0.6 is 0 Å². The van der Waals surface area contributed by atoms with Crippen molar-refractivity contribution in [2.45, 2.75) is 33.4 Å². The highest BCUT2D eigenvalue weighted by Gasteiger charge is 2.08. The van der Waals surface area contributed by atoms with Crippen LogP contribution in [0.2, 0.25) is 0 Å². The molecule has 0 spiro atoms. The molecule has 1 aromatic heterocycles. The minimum atomic E-state index is -0.0587. The Morgan fingerprint density at radius 3 is 2.78 bits per heavy atom. The Balaban J connectivity index is 1.91. The summed E-state index contributed by atoms with van der Waals surface area (Å²) in [6.07, 6.45) is 3.88. The van der Waals surface area contributed by atoms with Crippen molar-refractivity contribution < 1.29 is 9.59 Å². The van der Waals surface area contributed by atoms with E-state index in [1.54, 1.807) is 22.7 Å². The van der Waals surface area contributed by atoms with E-state index in [1.807, 2.05) is 43.5 Å². The van der Waals surface area contributed by atoms with E-state index in [0.717, 1.165) is 11.3 Å². The van der Waals surface area contributed by atoms with E-state index in [9.17, 15) is 9.59 Å². The van der Waals surface area contributed by atoms with Crippen LogP contribution in [0.25, 0.3) is 0 Å². The highest BCUT2D eigenvalue weighted by molar-refractivity contribution is 5.90. The summed E-state index contributed by atoms with van der Waals surface area (Å²) in [7, 11) is 0. The Morgan fingerprint density at radius 2 is 2.13 bits per heavy atom. The molecule has 0 radical (unpaired) electrons. The Morgan fingerprint density at radius 1 is 1.30 bits per heavy atom. The van der Waals surface area contributed by atoms with Gasteiger partial charge in [-0.25, -0.2) is 0 Å². The molecule has 1 heterocycles. The van der Waals surface area contributed by atoms with Crippen LogP contribution in [0.15, 0.2) is 42.7 Å². The molecule has 2 rings (SSSR count). The average Bonchev–Trinajstić information content (AvgIpc) is 3.04. The monoisotopic (exact) mass is 314 g/mol. The van der Waals surface area contributed by atoms with Gasteiger partial charge in [0, 0.05) is 51.1 Å². The number of nitrogens with zero attached hydrogens (tertiary/aromatic N) is 3. The van der Waals surface area contributed by atoms with Crippen molar-refractivity contribution in [3.63, 3.8) is 0 Å². The second-order valence-corrected chi connectivity index (χ2v) is 5.30. The lowest BCUT2D eigenvalue weighted by molar-refractivity contribution is -0.129. The van der Waals surface area contributed by atoms with Gasteiger partial charge in [0.05, 0.1) is 0 Å². The molecule has 0 aliphatic rings. The fourth-order valence-corrected chi connectivity index (χ4v) is 2.29. The summed E-state index contributed by atoms with van der Waals surface area (Å²) in [5.74, 6) is -0.0160. The summed E-state index contributed by atoms with van der Waals surface area (Å²) >= 11 is 0. The summed E-state index contributed by atoms with van der Waals surface area (Å²) in [6.45, 7) is 5.26. The van der Waals surface area contributed by atoms with Crippen LogP contribution in [-0.2, 0) is 22.7 Å². The molecule has 0 atom stereocenters. The molecule has 0 saturated heterocycles. The maximum atomic E-state index is 12.0. The highest BCUT2D eigenvalue weighted by Crippen LogP contribution is 2.13. The topological polar surface area (TPSA) is 67.2 Å². The van der Waals surface area contributed by atoms with Crippen molar-refractivity contribution in [1.29, 1.82) is 0 Å². The number of rotatable bonds is 7. The minimum Gasteiger partial charge on any atom is -0.339 e. The Kier molecular flexibility index (Phi) is 5.91. The van der Waals surface area contributed by atoms with Gasteiger partial charge in [-0.15, -0.1) is 0 Å². The molecule has 6 nitrogen and oxygen atoms in total. The molecule has 6 heteroatoms. The first-order valence-electron chi connectivity index (χ1n) is 7.70. The lowest BCUT2D eigenvalue weighted by Gasteiger charge is -2.19. The first-order chi connectivity index (χ1) is 11.1. The maximum Gasteiger partial charge on any atom is 0.226 e. The average molecular weight is 314 g/mol. The largest absolute Gasteiger partial charge is 0.339 e. The number of hydrogen-bond donors (Lipinski definition) is 1. The summed E-state index contributed by atoms with van der Waals surface area (Å²) in [5, 5.41) is 6.95. The predicted molar refractivity (Wildman–Crippen MR) is 88.7 cm³/mol. The first kappa shape index (κ1) is 16.7. The van der Waals surface area contributed by atoms with Gasteiger partial charge in [-0.2, -0.15) is 5.10 Å². The van der Waals surface area contributed by atoms with Crippen molar-refractivity contribution in [3.8, 4) is 0 Å². The normalized spacial score (nSPS) is 10.3. The third kappa shape index (κ3) is 5.25. The summed E-state index contributed by atoms with van der Waals surface area (Å²) < 4.78 is 1.72. The number of carbonyl (C=O) groups excluding carboxylic acids is 2. The molecule has 23 heavy (non-hydrogen) atoms. The van der Waals surface area contributed by atoms with E-state index in [2.05, 4.69) is 10.4 Å². The Labute approximate surface area is 136 Å². The molecule has 122 valence electrons. The second-order valence-electron chi connectivity index (χ2n) is 5.30. The maximum absolute atomic E-state index is 12.0. The van der Waals surface area contributed by atoms with Gasteiger partial charge < -0.3 is 10.2 Å². The number of hydrogen-bond acceptors (Lipinski definition) is 3. The fourth-order valence-electron chi connectivity index (χ4n) is 2.29. The van der Waals surface area contributed by atoms with Crippen LogP contribution in [-0.4, -0.2) is 33.0 Å². The zero-order valence-electron chi connectivity index (χ0n) is 13.5. The molecule has 0 fully saturated rings. The molecule has 2 amide bonds. The third-order valence-corrected chi connectivity index (χ3v) is 3.54. The van der Waals surface area contributed by atoms with Crippen LogP contribution in [0.1, 0.15) is 25.8 Å². The Hall–Kier alpha value is -2.63. The molecule has 0 saturated carbocycles. The van der Waals surface area contributed by atoms with Crippen molar-refractivity contribution >= 4 is 17.5 Å². The SMILES string of the molecule is CCN(Cc1cccc(NC(=O)CCn2cccn2)c1)C(C)=O. The lowest BCUT2D eigenvalue weighted by Crippen LogP contribution is -2.27. The van der Waals surface area contributed by atoms with Gasteiger partial charge in [0.2, 0.25) is 11.8 Å². The number of aryl methyl sites for hydroxylation is 1. The van der Waals surface area contributed by atoms with E-state index >= 15 is 0 Å². The van der Waals surface area contributed by atoms with Gasteiger partial charge in [0.1, 0.15) is 0 Å². The van der Waals surface area contributed by atoms with Crippen LogP contribution < -0.4 is 5.32 Å². The van der Waals surface area contributed by atoms with Crippen molar-refractivity contribution in [2.24, 2.45) is 0 Å². The second kappa shape index (κ2) is 8.12. The van der Waals surface area contributed by atoms with Gasteiger partial charge in [0.25, 0.3) is 0 Å². The summed E-state index contributed by atoms with van der Waals surface area (Å²) in [4.78, 5) is 25.2. The predicted octanol–water partition coefficient (Wildman–Crippen LogP) is 2.28. The molecule has 0 aliphatic carbocycles. The molecule has 1 aromatic carbocycles. The van der Waals surface area contributed by atoms with E-state index in [-0.39, 0.29) is 11.8 Å². The van der Waals surface area contributed by atoms with Crippen molar-refractivity contribution in [1.82, 2.24) is 14.7 Å². The quantitative estimate of drug-likeness (QED) is 0.852. The van der Waals surface area contributed by atoms with Crippen molar-refractivity contribution in [2.75, 3.05) is 11.9 Å². The minimum absolute atomic E-state index is 0.0427. The zero-order valence-corrected chi connectivity index (χ0v) is 13.5. The summed E-state index contributed by atoms with van der Waals surface area (Å²) in [5.41, 5.74) is 1.74. The van der Waals surface area contributed by atoms with Crippen LogP contribution in [0.5, 0.6) is 0 Å². The number of benzene rings is 1. The van der Waals surface area contributed by atoms with E-state index < -0.39 is 0 Å². The first-order valence-corrected chi connectivity index (χ1v) is 7.70. The molecule has 0 bridgehead atoms. The van der Waals surface area contributed by atoms with Gasteiger partial charge in [-0.05, 0) is 30.7 Å². The van der Waals surface area contributed by atoms with Gasteiger partial charge >= 0.3 is 0 Å².